The molecule has 0 aliphatic carbocycles. The molecule has 3 aromatic heterocycles. The van der Waals surface area contributed by atoms with E-state index in [0.717, 1.165) is 15.4 Å². The maximum Gasteiger partial charge on any atom is 0.257 e. The number of aromatic amines is 1. The molecule has 124 valence electrons. The van der Waals surface area contributed by atoms with Crippen molar-refractivity contribution in [3.63, 3.8) is 0 Å². The Morgan fingerprint density at radius 2 is 2.25 bits per heavy atom. The number of nitrogens with zero attached hydrogens (tertiary/aromatic N) is 4. The van der Waals surface area contributed by atoms with E-state index in [1.165, 1.54) is 6.33 Å². The number of aromatic nitrogens is 4. The number of carbonyl (C=O) groups is 1. The molecule has 0 aromatic carbocycles. The highest BCUT2D eigenvalue weighted by molar-refractivity contribution is 7.14. The van der Waals surface area contributed by atoms with Gasteiger partial charge in [-0.1, -0.05) is 0 Å². The van der Waals surface area contributed by atoms with Crippen LogP contribution in [0, 0.1) is 6.92 Å². The summed E-state index contributed by atoms with van der Waals surface area (Å²) < 4.78 is 7.70. The van der Waals surface area contributed by atoms with Gasteiger partial charge in [0, 0.05) is 23.8 Å². The van der Waals surface area contributed by atoms with Gasteiger partial charge in [-0.05, 0) is 25.1 Å². The molecule has 4 rings (SSSR count). The SMILES string of the molecule is Cc1cc(C(=O)N2CCOC(c3ncn[nH]3)C2)c(-n2cccc2)s1. The van der Waals surface area contributed by atoms with Crippen molar-refractivity contribution < 1.29 is 9.53 Å². The zero-order valence-electron chi connectivity index (χ0n) is 13.2. The van der Waals surface area contributed by atoms with Crippen LogP contribution in [-0.2, 0) is 4.74 Å². The van der Waals surface area contributed by atoms with E-state index >= 15 is 0 Å². The number of rotatable bonds is 3. The summed E-state index contributed by atoms with van der Waals surface area (Å²) in [4.78, 5) is 20.1. The fourth-order valence-electron chi connectivity index (χ4n) is 2.86. The second-order valence-corrected chi connectivity index (χ2v) is 6.88. The predicted octanol–water partition coefficient (Wildman–Crippen LogP) is 2.18. The topological polar surface area (TPSA) is 76.0 Å². The van der Waals surface area contributed by atoms with E-state index in [1.807, 2.05) is 47.0 Å². The normalized spacial score (nSPS) is 18.0. The number of amides is 1. The molecule has 0 bridgehead atoms. The molecule has 4 heterocycles. The van der Waals surface area contributed by atoms with Gasteiger partial charge in [0.25, 0.3) is 5.91 Å². The lowest BCUT2D eigenvalue weighted by molar-refractivity contribution is -0.0266. The highest BCUT2D eigenvalue weighted by Gasteiger charge is 2.29. The van der Waals surface area contributed by atoms with Crippen molar-refractivity contribution in [2.24, 2.45) is 0 Å². The molecule has 24 heavy (non-hydrogen) atoms. The van der Waals surface area contributed by atoms with Gasteiger partial charge in [0.05, 0.1) is 18.7 Å². The van der Waals surface area contributed by atoms with Crippen LogP contribution in [0.4, 0.5) is 0 Å². The molecule has 1 unspecified atom stereocenters. The molecule has 1 aliphatic rings. The number of carbonyl (C=O) groups excluding carboxylic acids is 1. The smallest absolute Gasteiger partial charge is 0.257 e. The first-order valence-corrected chi connectivity index (χ1v) is 8.54. The quantitative estimate of drug-likeness (QED) is 0.791. The summed E-state index contributed by atoms with van der Waals surface area (Å²) in [6, 6.07) is 5.87. The zero-order chi connectivity index (χ0) is 16.5. The van der Waals surface area contributed by atoms with Crippen molar-refractivity contribution in [3.8, 4) is 5.00 Å². The van der Waals surface area contributed by atoms with Gasteiger partial charge in [0.1, 0.15) is 17.4 Å². The van der Waals surface area contributed by atoms with E-state index in [0.29, 0.717) is 25.5 Å². The minimum absolute atomic E-state index is 0.0239. The molecule has 3 aromatic rings. The average Bonchev–Trinajstić information content (AvgIpc) is 3.35. The number of aryl methyl sites for hydroxylation is 1. The van der Waals surface area contributed by atoms with Crippen LogP contribution in [0.3, 0.4) is 0 Å². The van der Waals surface area contributed by atoms with Crippen molar-refractivity contribution in [2.45, 2.75) is 13.0 Å². The minimum atomic E-state index is -0.264. The molecule has 1 fully saturated rings. The van der Waals surface area contributed by atoms with E-state index in [4.69, 9.17) is 4.74 Å². The Morgan fingerprint density at radius 1 is 1.42 bits per heavy atom. The van der Waals surface area contributed by atoms with E-state index in [-0.39, 0.29) is 12.0 Å². The van der Waals surface area contributed by atoms with Gasteiger partial charge in [-0.2, -0.15) is 5.10 Å². The van der Waals surface area contributed by atoms with Crippen LogP contribution < -0.4 is 0 Å². The lowest BCUT2D eigenvalue weighted by Crippen LogP contribution is -2.42. The minimum Gasteiger partial charge on any atom is -0.367 e. The van der Waals surface area contributed by atoms with Gasteiger partial charge in [-0.25, -0.2) is 4.98 Å². The van der Waals surface area contributed by atoms with Crippen LogP contribution in [0.5, 0.6) is 0 Å². The second-order valence-electron chi connectivity index (χ2n) is 5.65. The van der Waals surface area contributed by atoms with E-state index < -0.39 is 0 Å². The Hall–Kier alpha value is -2.45. The molecule has 0 spiro atoms. The van der Waals surface area contributed by atoms with Crippen LogP contribution in [0.15, 0.2) is 36.9 Å². The molecule has 1 saturated heterocycles. The lowest BCUT2D eigenvalue weighted by Gasteiger charge is -2.32. The van der Waals surface area contributed by atoms with Gasteiger partial charge in [0.15, 0.2) is 5.82 Å². The van der Waals surface area contributed by atoms with Crippen LogP contribution in [0.25, 0.3) is 5.00 Å². The molecule has 1 atom stereocenters. The summed E-state index contributed by atoms with van der Waals surface area (Å²) in [5.74, 6) is 0.676. The van der Waals surface area contributed by atoms with Crippen molar-refractivity contribution >= 4 is 17.2 Å². The Labute approximate surface area is 142 Å². The van der Waals surface area contributed by atoms with E-state index in [1.54, 1.807) is 11.3 Å². The molecule has 7 nitrogen and oxygen atoms in total. The molecule has 0 radical (unpaired) electrons. The Bertz CT molecular complexity index is 825. The summed E-state index contributed by atoms with van der Waals surface area (Å²) >= 11 is 1.62. The van der Waals surface area contributed by atoms with Crippen molar-refractivity contribution in [1.82, 2.24) is 24.6 Å². The molecule has 0 saturated carbocycles. The number of thiophene rings is 1. The second kappa shape index (κ2) is 6.21. The number of hydrogen-bond donors (Lipinski definition) is 1. The number of nitrogens with one attached hydrogen (secondary N) is 1. The monoisotopic (exact) mass is 343 g/mol. The Balaban J connectivity index is 1.60. The van der Waals surface area contributed by atoms with Crippen LogP contribution in [0.2, 0.25) is 0 Å². The van der Waals surface area contributed by atoms with E-state index in [9.17, 15) is 4.79 Å². The van der Waals surface area contributed by atoms with Gasteiger partial charge < -0.3 is 14.2 Å². The summed E-state index contributed by atoms with van der Waals surface area (Å²) in [5, 5.41) is 7.62. The number of morpholine rings is 1. The third-order valence-corrected chi connectivity index (χ3v) is 5.06. The Morgan fingerprint density at radius 3 is 3.00 bits per heavy atom. The first-order valence-electron chi connectivity index (χ1n) is 7.72. The number of ether oxygens (including phenoxy) is 1. The van der Waals surface area contributed by atoms with E-state index in [2.05, 4.69) is 15.2 Å². The fraction of sp³-hybridized carbons (Fsp3) is 0.312. The standard InChI is InChI=1S/C16H17N5O2S/c1-11-8-12(16(24-11)20-4-2-3-5-20)15(22)21-6-7-23-13(9-21)14-17-10-18-19-14/h2-5,8,10,13H,6-7,9H2,1H3,(H,17,18,19). The number of H-pyrrole nitrogens is 1. The van der Waals surface area contributed by atoms with Crippen LogP contribution in [0.1, 0.15) is 27.2 Å². The molecular formula is C16H17N5O2S. The van der Waals surface area contributed by atoms with Crippen LogP contribution in [-0.4, -0.2) is 50.3 Å². The third kappa shape index (κ3) is 2.74. The summed E-state index contributed by atoms with van der Waals surface area (Å²) in [6.07, 6.45) is 5.10. The number of hydrogen-bond acceptors (Lipinski definition) is 5. The van der Waals surface area contributed by atoms with Crippen molar-refractivity contribution in [3.05, 3.63) is 53.2 Å². The summed E-state index contributed by atoms with van der Waals surface area (Å²) in [7, 11) is 0. The van der Waals surface area contributed by atoms with Gasteiger partial charge in [-0.15, -0.1) is 11.3 Å². The first-order chi connectivity index (χ1) is 11.7. The highest BCUT2D eigenvalue weighted by Crippen LogP contribution is 2.29. The fourth-order valence-corrected chi connectivity index (χ4v) is 3.82. The maximum atomic E-state index is 13.1. The molecule has 1 amide bonds. The maximum absolute atomic E-state index is 13.1. The highest BCUT2D eigenvalue weighted by atomic mass is 32.1. The predicted molar refractivity (Wildman–Crippen MR) is 89.4 cm³/mol. The van der Waals surface area contributed by atoms with Crippen LogP contribution >= 0.6 is 11.3 Å². The van der Waals surface area contributed by atoms with Gasteiger partial charge >= 0.3 is 0 Å². The van der Waals surface area contributed by atoms with Crippen molar-refractivity contribution in [2.75, 3.05) is 19.7 Å². The molecule has 1 N–H and O–H groups in total. The van der Waals surface area contributed by atoms with Gasteiger partial charge in [0.2, 0.25) is 0 Å². The molecule has 1 aliphatic heterocycles. The zero-order valence-corrected chi connectivity index (χ0v) is 14.0. The molecule has 8 heteroatoms. The summed E-state index contributed by atoms with van der Waals surface area (Å²) in [6.45, 7) is 3.54. The average molecular weight is 343 g/mol. The van der Waals surface area contributed by atoms with Crippen molar-refractivity contribution in [1.29, 1.82) is 0 Å². The lowest BCUT2D eigenvalue weighted by atomic mass is 10.2. The third-order valence-electron chi connectivity index (χ3n) is 4.00. The first kappa shape index (κ1) is 15.1. The largest absolute Gasteiger partial charge is 0.367 e. The summed E-state index contributed by atoms with van der Waals surface area (Å²) in [5.41, 5.74) is 0.729. The van der Waals surface area contributed by atoms with Gasteiger partial charge in [-0.3, -0.25) is 9.89 Å². The molecular weight excluding hydrogens is 326 g/mol. The Kier molecular flexibility index (Phi) is 3.91.